The Labute approximate surface area is 129 Å². The van der Waals surface area contributed by atoms with Crippen molar-refractivity contribution in [2.75, 3.05) is 20.1 Å². The Morgan fingerprint density at radius 1 is 1.29 bits per heavy atom. The molecule has 1 fully saturated rings. The van der Waals surface area contributed by atoms with Crippen molar-refractivity contribution < 1.29 is 0 Å². The number of nitrogens with zero attached hydrogens (tertiary/aromatic N) is 3. The van der Waals surface area contributed by atoms with Crippen LogP contribution in [0.2, 0.25) is 0 Å². The molecule has 1 aromatic heterocycles. The summed E-state index contributed by atoms with van der Waals surface area (Å²) < 4.78 is 2.04. The maximum Gasteiger partial charge on any atom is 0.0596 e. The monoisotopic (exact) mass is 292 g/mol. The van der Waals surface area contributed by atoms with Crippen molar-refractivity contribution in [3.05, 3.63) is 17.5 Å². The maximum atomic E-state index is 4.50. The fraction of sp³-hybridized carbons (Fsp3) is 0.824. The molecule has 1 saturated heterocycles. The molecule has 4 nitrogen and oxygen atoms in total. The molecule has 120 valence electrons. The van der Waals surface area contributed by atoms with Crippen molar-refractivity contribution >= 4 is 0 Å². The van der Waals surface area contributed by atoms with Gasteiger partial charge in [-0.25, -0.2) is 0 Å². The van der Waals surface area contributed by atoms with Gasteiger partial charge in [0.25, 0.3) is 0 Å². The lowest BCUT2D eigenvalue weighted by molar-refractivity contribution is 0.0643. The van der Waals surface area contributed by atoms with Crippen LogP contribution in [0.25, 0.3) is 0 Å². The number of hydrogen-bond acceptors (Lipinski definition) is 3. The molecule has 2 rings (SSSR count). The van der Waals surface area contributed by atoms with Gasteiger partial charge >= 0.3 is 0 Å². The van der Waals surface area contributed by atoms with Gasteiger partial charge in [0.05, 0.1) is 5.69 Å². The summed E-state index contributed by atoms with van der Waals surface area (Å²) in [6, 6.07) is 2.70. The molecule has 1 aliphatic rings. The molecule has 1 atom stereocenters. The van der Waals surface area contributed by atoms with Gasteiger partial charge in [-0.1, -0.05) is 13.8 Å². The van der Waals surface area contributed by atoms with E-state index in [2.05, 4.69) is 56.2 Å². The van der Waals surface area contributed by atoms with Gasteiger partial charge in [0.1, 0.15) is 0 Å². The molecule has 1 unspecified atom stereocenters. The van der Waals surface area contributed by atoms with Crippen LogP contribution >= 0.6 is 0 Å². The summed E-state index contributed by atoms with van der Waals surface area (Å²) >= 11 is 0. The van der Waals surface area contributed by atoms with Crippen LogP contribution in [0.3, 0.4) is 0 Å². The van der Waals surface area contributed by atoms with E-state index in [-0.39, 0.29) is 5.54 Å². The molecule has 21 heavy (non-hydrogen) atoms. The van der Waals surface area contributed by atoms with Gasteiger partial charge in [0, 0.05) is 30.7 Å². The number of likely N-dealkylation sites (N-methyl/N-ethyl adjacent to an activating group) is 1. The van der Waals surface area contributed by atoms with Crippen LogP contribution < -0.4 is 5.32 Å². The summed E-state index contributed by atoms with van der Waals surface area (Å²) in [5.41, 5.74) is 2.71. The number of rotatable bonds is 7. The summed E-state index contributed by atoms with van der Waals surface area (Å²) in [6.45, 7) is 9.28. The Balaban J connectivity index is 2.24. The van der Waals surface area contributed by atoms with Gasteiger partial charge in [-0.2, -0.15) is 5.10 Å². The summed E-state index contributed by atoms with van der Waals surface area (Å²) in [6.07, 6.45) is 6.15. The van der Waals surface area contributed by atoms with Crippen molar-refractivity contribution in [2.24, 2.45) is 7.05 Å². The smallest absolute Gasteiger partial charge is 0.0596 e. The van der Waals surface area contributed by atoms with E-state index in [0.717, 1.165) is 12.1 Å². The number of aromatic nitrogens is 2. The predicted molar refractivity (Wildman–Crippen MR) is 88.6 cm³/mol. The lowest BCUT2D eigenvalue weighted by Gasteiger charge is -2.47. The van der Waals surface area contributed by atoms with E-state index in [1.54, 1.807) is 0 Å². The van der Waals surface area contributed by atoms with Gasteiger partial charge in [-0.05, 0) is 58.8 Å². The second kappa shape index (κ2) is 6.93. The standard InChI is InChI=1S/C17H32N4/c1-6-17(7-2,21-10-8-9-11-21)16(18-4)13-15-12-14(3)19-20(15)5/h12,16,18H,6-11,13H2,1-5H3. The molecule has 1 N–H and O–H groups in total. The normalized spacial score (nSPS) is 18.3. The first-order chi connectivity index (χ1) is 10.1. The van der Waals surface area contributed by atoms with Gasteiger partial charge in [0.2, 0.25) is 0 Å². The highest BCUT2D eigenvalue weighted by atomic mass is 15.3. The molecule has 1 aromatic rings. The van der Waals surface area contributed by atoms with Crippen LogP contribution in [0.1, 0.15) is 50.9 Å². The number of nitrogens with one attached hydrogen (secondary N) is 1. The lowest BCUT2D eigenvalue weighted by atomic mass is 9.80. The fourth-order valence-electron chi connectivity index (χ4n) is 4.20. The van der Waals surface area contributed by atoms with E-state index >= 15 is 0 Å². The van der Waals surface area contributed by atoms with E-state index in [9.17, 15) is 0 Å². The lowest BCUT2D eigenvalue weighted by Crippen LogP contribution is -2.60. The third-order valence-corrected chi connectivity index (χ3v) is 5.47. The number of aryl methyl sites for hydroxylation is 2. The third kappa shape index (κ3) is 3.16. The summed E-state index contributed by atoms with van der Waals surface area (Å²) in [5, 5.41) is 8.13. The zero-order chi connectivity index (χ0) is 15.5. The fourth-order valence-corrected chi connectivity index (χ4v) is 4.20. The van der Waals surface area contributed by atoms with Crippen LogP contribution in [0.4, 0.5) is 0 Å². The van der Waals surface area contributed by atoms with Crippen LogP contribution in [0, 0.1) is 6.92 Å². The summed E-state index contributed by atoms with van der Waals surface area (Å²) in [4.78, 5) is 2.73. The first kappa shape index (κ1) is 16.5. The van der Waals surface area contributed by atoms with Crippen LogP contribution in [0.15, 0.2) is 6.07 Å². The van der Waals surface area contributed by atoms with Crippen molar-refractivity contribution in [2.45, 2.75) is 64.5 Å². The van der Waals surface area contributed by atoms with Gasteiger partial charge in [0.15, 0.2) is 0 Å². The number of hydrogen-bond donors (Lipinski definition) is 1. The molecule has 2 heterocycles. The summed E-state index contributed by atoms with van der Waals surface area (Å²) in [7, 11) is 4.18. The first-order valence-electron chi connectivity index (χ1n) is 8.49. The van der Waals surface area contributed by atoms with Crippen LogP contribution in [-0.2, 0) is 13.5 Å². The quantitative estimate of drug-likeness (QED) is 0.838. The summed E-state index contributed by atoms with van der Waals surface area (Å²) in [5.74, 6) is 0. The van der Waals surface area contributed by atoms with Crippen LogP contribution in [0.5, 0.6) is 0 Å². The Morgan fingerprint density at radius 3 is 2.33 bits per heavy atom. The van der Waals surface area contributed by atoms with E-state index in [0.29, 0.717) is 6.04 Å². The molecular weight excluding hydrogens is 260 g/mol. The van der Waals surface area contributed by atoms with Crippen molar-refractivity contribution in [3.8, 4) is 0 Å². The molecule has 0 aliphatic carbocycles. The average molecular weight is 292 g/mol. The Bertz CT molecular complexity index is 442. The Morgan fingerprint density at radius 2 is 1.90 bits per heavy atom. The van der Waals surface area contributed by atoms with Gasteiger partial charge in [-0.15, -0.1) is 0 Å². The topological polar surface area (TPSA) is 33.1 Å². The molecule has 0 amide bonds. The highest BCUT2D eigenvalue weighted by Crippen LogP contribution is 2.33. The van der Waals surface area contributed by atoms with Crippen LogP contribution in [-0.4, -0.2) is 46.4 Å². The Kier molecular flexibility index (Phi) is 5.44. The zero-order valence-electron chi connectivity index (χ0n) is 14.4. The van der Waals surface area contributed by atoms with E-state index < -0.39 is 0 Å². The molecule has 0 bridgehead atoms. The van der Waals surface area contributed by atoms with Gasteiger partial charge < -0.3 is 5.32 Å². The SMILES string of the molecule is CCC(CC)(C(Cc1cc(C)nn1C)NC)N1CCCC1. The number of likely N-dealkylation sites (tertiary alicyclic amines) is 1. The van der Waals surface area contributed by atoms with E-state index in [4.69, 9.17) is 0 Å². The Hall–Kier alpha value is -0.870. The minimum Gasteiger partial charge on any atom is -0.315 e. The average Bonchev–Trinajstić information content (AvgIpc) is 3.10. The minimum absolute atomic E-state index is 0.267. The molecule has 0 aromatic carbocycles. The minimum atomic E-state index is 0.267. The largest absolute Gasteiger partial charge is 0.315 e. The van der Waals surface area contributed by atoms with E-state index in [1.807, 2.05) is 4.68 Å². The maximum absolute atomic E-state index is 4.50. The molecule has 0 spiro atoms. The second-order valence-corrected chi connectivity index (χ2v) is 6.45. The third-order valence-electron chi connectivity index (χ3n) is 5.47. The molecular formula is C17H32N4. The highest BCUT2D eigenvalue weighted by Gasteiger charge is 2.41. The van der Waals surface area contributed by atoms with Gasteiger partial charge in [-0.3, -0.25) is 9.58 Å². The highest BCUT2D eigenvalue weighted by molar-refractivity contribution is 5.13. The first-order valence-corrected chi connectivity index (χ1v) is 8.49. The molecule has 4 heteroatoms. The predicted octanol–water partition coefficient (Wildman–Crippen LogP) is 2.51. The van der Waals surface area contributed by atoms with Crippen molar-refractivity contribution in [3.63, 3.8) is 0 Å². The zero-order valence-corrected chi connectivity index (χ0v) is 14.4. The second-order valence-electron chi connectivity index (χ2n) is 6.45. The molecule has 1 aliphatic heterocycles. The molecule has 0 radical (unpaired) electrons. The van der Waals surface area contributed by atoms with Crippen molar-refractivity contribution in [1.29, 1.82) is 0 Å². The molecule has 0 saturated carbocycles. The van der Waals surface area contributed by atoms with Crippen molar-refractivity contribution in [1.82, 2.24) is 20.0 Å². The van der Waals surface area contributed by atoms with E-state index in [1.165, 1.54) is 44.5 Å².